The van der Waals surface area contributed by atoms with Gasteiger partial charge < -0.3 is 14.5 Å². The number of nitrogens with zero attached hydrogens (tertiary/aromatic N) is 1. The molecular formula is C29H34N2O3. The zero-order chi connectivity index (χ0) is 23.4. The lowest BCUT2D eigenvalue weighted by molar-refractivity contribution is -0.124. The summed E-state index contributed by atoms with van der Waals surface area (Å²) in [6.07, 6.45) is 8.46. The first kappa shape index (κ1) is 21.7. The average molecular weight is 459 g/mol. The van der Waals surface area contributed by atoms with Crippen molar-refractivity contribution in [2.24, 2.45) is 23.2 Å². The highest BCUT2D eigenvalue weighted by atomic mass is 16.5. The van der Waals surface area contributed by atoms with Crippen LogP contribution >= 0.6 is 0 Å². The molecule has 4 aliphatic carbocycles. The smallest absolute Gasteiger partial charge is 0.227 e. The Morgan fingerprint density at radius 2 is 1.79 bits per heavy atom. The number of benzene rings is 2. The van der Waals surface area contributed by atoms with Crippen LogP contribution in [0.15, 0.2) is 40.8 Å². The highest BCUT2D eigenvalue weighted by Gasteiger charge is 2.51. The van der Waals surface area contributed by atoms with E-state index in [0.29, 0.717) is 29.7 Å². The Kier molecular flexibility index (Phi) is 5.20. The maximum absolute atomic E-state index is 13.2. The molecule has 0 unspecified atom stereocenters. The summed E-state index contributed by atoms with van der Waals surface area (Å²) in [5, 5.41) is 3.17. The van der Waals surface area contributed by atoms with E-state index in [1.54, 1.807) is 7.11 Å². The van der Waals surface area contributed by atoms with Gasteiger partial charge in [0.25, 0.3) is 0 Å². The molecule has 7 rings (SSSR count). The fraction of sp³-hybridized carbons (Fsp3) is 0.517. The Labute approximate surface area is 201 Å². The quantitative estimate of drug-likeness (QED) is 0.425. The lowest BCUT2D eigenvalue weighted by Gasteiger charge is -2.56. The van der Waals surface area contributed by atoms with Gasteiger partial charge in [0.05, 0.1) is 12.8 Å². The first-order valence-electron chi connectivity index (χ1n) is 12.8. The molecule has 1 heterocycles. The number of ether oxygens (including phenoxy) is 1. The first-order valence-corrected chi connectivity index (χ1v) is 12.8. The summed E-state index contributed by atoms with van der Waals surface area (Å²) < 4.78 is 11.6. The van der Waals surface area contributed by atoms with Gasteiger partial charge in [-0.15, -0.1) is 0 Å². The van der Waals surface area contributed by atoms with Crippen molar-refractivity contribution in [1.82, 2.24) is 4.98 Å². The Morgan fingerprint density at radius 1 is 1.09 bits per heavy atom. The molecule has 1 amide bonds. The Hall–Kier alpha value is -2.82. The number of amides is 1. The molecule has 0 aliphatic heterocycles. The van der Waals surface area contributed by atoms with Crippen LogP contribution in [0.4, 0.5) is 5.69 Å². The monoisotopic (exact) mass is 458 g/mol. The number of fused-ring (bicyclic) bond motifs is 1. The number of methoxy groups -OCH3 is 1. The summed E-state index contributed by atoms with van der Waals surface area (Å²) in [4.78, 5) is 18.0. The highest BCUT2D eigenvalue weighted by Crippen LogP contribution is 2.61. The van der Waals surface area contributed by atoms with Crippen LogP contribution in [-0.4, -0.2) is 18.0 Å². The summed E-state index contributed by atoms with van der Waals surface area (Å²) in [6, 6.07) is 11.9. The number of rotatable bonds is 6. The number of hydrogen-bond donors (Lipinski definition) is 1. The molecule has 0 atom stereocenters. The van der Waals surface area contributed by atoms with Crippen molar-refractivity contribution >= 4 is 22.7 Å². The molecule has 34 heavy (non-hydrogen) atoms. The SMILES string of the molecule is COc1ccc(-c2nc3cc(C(C)C)ccc3o2)cc1NC(=O)CC12CC3CC(CC(C3)C1)C2. The van der Waals surface area contributed by atoms with E-state index in [4.69, 9.17) is 14.1 Å². The lowest BCUT2D eigenvalue weighted by Crippen LogP contribution is -2.47. The molecule has 4 saturated carbocycles. The van der Waals surface area contributed by atoms with Crippen molar-refractivity contribution in [2.45, 2.75) is 64.7 Å². The number of aromatic nitrogens is 1. The van der Waals surface area contributed by atoms with Crippen LogP contribution in [0.2, 0.25) is 0 Å². The third-order valence-corrected chi connectivity index (χ3v) is 8.50. The van der Waals surface area contributed by atoms with Crippen molar-refractivity contribution in [3.63, 3.8) is 0 Å². The highest BCUT2D eigenvalue weighted by molar-refractivity contribution is 5.93. The second-order valence-electron chi connectivity index (χ2n) is 11.5. The minimum absolute atomic E-state index is 0.0940. The topological polar surface area (TPSA) is 64.4 Å². The Bertz CT molecular complexity index is 1210. The predicted octanol–water partition coefficient (Wildman–Crippen LogP) is 7.17. The molecule has 4 aliphatic rings. The molecule has 5 heteroatoms. The van der Waals surface area contributed by atoms with Crippen molar-refractivity contribution in [3.8, 4) is 17.2 Å². The van der Waals surface area contributed by atoms with Crippen molar-refractivity contribution in [3.05, 3.63) is 42.0 Å². The van der Waals surface area contributed by atoms with E-state index in [2.05, 4.69) is 31.3 Å². The number of hydrogen-bond acceptors (Lipinski definition) is 4. The molecule has 0 radical (unpaired) electrons. The third kappa shape index (κ3) is 3.89. The van der Waals surface area contributed by atoms with Crippen LogP contribution in [0.25, 0.3) is 22.6 Å². The van der Waals surface area contributed by atoms with Gasteiger partial charge in [0.15, 0.2) is 5.58 Å². The zero-order valence-corrected chi connectivity index (χ0v) is 20.4. The van der Waals surface area contributed by atoms with E-state index in [1.165, 1.54) is 44.1 Å². The number of carbonyl (C=O) groups excluding carboxylic acids is 1. The average Bonchev–Trinajstić information content (AvgIpc) is 3.21. The molecule has 2 aromatic carbocycles. The fourth-order valence-corrected chi connectivity index (χ4v) is 7.41. The molecule has 0 saturated heterocycles. The van der Waals surface area contributed by atoms with Crippen LogP contribution in [-0.2, 0) is 4.79 Å². The first-order chi connectivity index (χ1) is 16.4. The summed E-state index contributed by atoms with van der Waals surface area (Å²) in [5.41, 5.74) is 4.57. The van der Waals surface area contributed by atoms with Crippen molar-refractivity contribution < 1.29 is 13.9 Å². The van der Waals surface area contributed by atoms with Crippen LogP contribution in [0, 0.1) is 23.2 Å². The van der Waals surface area contributed by atoms with Gasteiger partial charge in [-0.1, -0.05) is 19.9 Å². The van der Waals surface area contributed by atoms with Gasteiger partial charge in [-0.3, -0.25) is 4.79 Å². The van der Waals surface area contributed by atoms with Gasteiger partial charge in [-0.05, 0) is 104 Å². The molecule has 178 valence electrons. The standard InChI is InChI=1S/C29H34N2O3/c1-17(2)21-4-7-26-24(11-21)31-28(34-26)22-5-6-25(33-3)23(12-22)30-27(32)16-29-13-18-8-19(14-29)10-20(9-18)15-29/h4-7,11-12,17-20H,8-10,13-16H2,1-3H3,(H,30,32). The van der Waals surface area contributed by atoms with Gasteiger partial charge in [-0.2, -0.15) is 0 Å². The summed E-state index contributed by atoms with van der Waals surface area (Å²) >= 11 is 0. The maximum atomic E-state index is 13.2. The Morgan fingerprint density at radius 3 is 2.44 bits per heavy atom. The van der Waals surface area contributed by atoms with Crippen molar-refractivity contribution in [2.75, 3.05) is 12.4 Å². The normalized spacial score (nSPS) is 27.5. The number of anilines is 1. The summed E-state index contributed by atoms with van der Waals surface area (Å²) in [6.45, 7) is 4.34. The maximum Gasteiger partial charge on any atom is 0.227 e. The van der Waals surface area contributed by atoms with Gasteiger partial charge >= 0.3 is 0 Å². The van der Waals surface area contributed by atoms with Crippen LogP contribution < -0.4 is 10.1 Å². The van der Waals surface area contributed by atoms with E-state index in [9.17, 15) is 4.79 Å². The number of nitrogens with one attached hydrogen (secondary N) is 1. The number of carbonyl (C=O) groups is 1. The molecule has 3 aromatic rings. The fourth-order valence-electron chi connectivity index (χ4n) is 7.41. The van der Waals surface area contributed by atoms with E-state index < -0.39 is 0 Å². The molecule has 1 aromatic heterocycles. The second kappa shape index (κ2) is 8.14. The second-order valence-corrected chi connectivity index (χ2v) is 11.5. The van der Waals surface area contributed by atoms with Crippen molar-refractivity contribution in [1.29, 1.82) is 0 Å². The van der Waals surface area contributed by atoms with Crippen LogP contribution in [0.5, 0.6) is 5.75 Å². The van der Waals surface area contributed by atoms with E-state index in [-0.39, 0.29) is 11.3 Å². The van der Waals surface area contributed by atoms with Crippen LogP contribution in [0.1, 0.15) is 70.3 Å². The molecular weight excluding hydrogens is 424 g/mol. The third-order valence-electron chi connectivity index (χ3n) is 8.50. The Balaban J connectivity index is 1.24. The largest absolute Gasteiger partial charge is 0.495 e. The minimum atomic E-state index is 0.0940. The summed E-state index contributed by atoms with van der Waals surface area (Å²) in [7, 11) is 1.64. The molecule has 4 fully saturated rings. The van der Waals surface area contributed by atoms with E-state index in [0.717, 1.165) is 34.4 Å². The lowest BCUT2D eigenvalue weighted by atomic mass is 9.49. The molecule has 4 bridgehead atoms. The summed E-state index contributed by atoms with van der Waals surface area (Å²) in [5.74, 6) is 4.25. The van der Waals surface area contributed by atoms with Gasteiger partial charge in [0.1, 0.15) is 11.3 Å². The predicted molar refractivity (Wildman–Crippen MR) is 134 cm³/mol. The molecule has 1 N–H and O–H groups in total. The zero-order valence-electron chi connectivity index (χ0n) is 20.4. The number of oxazole rings is 1. The van der Waals surface area contributed by atoms with Crippen LogP contribution in [0.3, 0.4) is 0 Å². The molecule has 5 nitrogen and oxygen atoms in total. The molecule has 0 spiro atoms. The van der Waals surface area contributed by atoms with Gasteiger partial charge in [0.2, 0.25) is 11.8 Å². The minimum Gasteiger partial charge on any atom is -0.495 e. The van der Waals surface area contributed by atoms with Gasteiger partial charge in [-0.25, -0.2) is 4.98 Å². The van der Waals surface area contributed by atoms with E-state index >= 15 is 0 Å². The van der Waals surface area contributed by atoms with E-state index in [1.807, 2.05) is 24.3 Å². The van der Waals surface area contributed by atoms with Gasteiger partial charge in [0, 0.05) is 12.0 Å².